The first-order chi connectivity index (χ1) is 13.5. The van der Waals surface area contributed by atoms with Crippen molar-refractivity contribution in [3.05, 3.63) is 42.5 Å². The molecule has 0 aliphatic heterocycles. The van der Waals surface area contributed by atoms with Crippen molar-refractivity contribution >= 4 is 22.8 Å². The number of hydrogen-bond acceptors (Lipinski definition) is 6. The molecular weight excluding hydrogens is 362 g/mol. The van der Waals surface area contributed by atoms with Crippen LogP contribution in [0.25, 0.3) is 10.8 Å². The standard InChI is InChI=1S/C21H25NO6/c1-5-25-18-13-17(15-9-7-8-10-16(15)19(18)26-6-2)28-21(24)22-11-12-27-20(23)14(3)4/h7-10,13H,3,5-6,11-12H2,1-2,4H3,(H,22,24). The molecule has 0 atom stereocenters. The van der Waals surface area contributed by atoms with Gasteiger partial charge in [-0.3, -0.25) is 0 Å². The largest absolute Gasteiger partial charge is 0.490 e. The van der Waals surface area contributed by atoms with Crippen molar-refractivity contribution in [3.8, 4) is 17.2 Å². The number of ether oxygens (including phenoxy) is 4. The molecule has 0 bridgehead atoms. The van der Waals surface area contributed by atoms with Crippen LogP contribution < -0.4 is 19.5 Å². The second-order valence-electron chi connectivity index (χ2n) is 5.85. The summed E-state index contributed by atoms with van der Waals surface area (Å²) in [5.74, 6) is 0.952. The maximum atomic E-state index is 12.2. The molecular formula is C21H25NO6. The first-order valence-electron chi connectivity index (χ1n) is 9.07. The predicted molar refractivity (Wildman–Crippen MR) is 106 cm³/mol. The molecule has 0 unspecified atom stereocenters. The summed E-state index contributed by atoms with van der Waals surface area (Å²) in [7, 11) is 0. The smallest absolute Gasteiger partial charge is 0.412 e. The van der Waals surface area contributed by atoms with E-state index in [1.807, 2.05) is 38.1 Å². The van der Waals surface area contributed by atoms with Gasteiger partial charge in [0, 0.05) is 22.4 Å². The highest BCUT2D eigenvalue weighted by Crippen LogP contribution is 2.41. The SMILES string of the molecule is C=C(C)C(=O)OCCNC(=O)Oc1cc(OCC)c(OCC)c2ccccc12. The van der Waals surface area contributed by atoms with Gasteiger partial charge in [-0.1, -0.05) is 30.8 Å². The van der Waals surface area contributed by atoms with E-state index < -0.39 is 12.1 Å². The Labute approximate surface area is 164 Å². The van der Waals surface area contributed by atoms with E-state index in [9.17, 15) is 9.59 Å². The molecule has 0 aromatic heterocycles. The fraction of sp³-hybridized carbons (Fsp3) is 0.333. The molecule has 7 nitrogen and oxygen atoms in total. The van der Waals surface area contributed by atoms with Crippen LogP contribution in [0.3, 0.4) is 0 Å². The van der Waals surface area contributed by atoms with Crippen molar-refractivity contribution in [2.75, 3.05) is 26.4 Å². The molecule has 1 N–H and O–H groups in total. The molecule has 0 aliphatic rings. The summed E-state index contributed by atoms with van der Waals surface area (Å²) in [5.41, 5.74) is 0.298. The molecule has 0 heterocycles. The van der Waals surface area contributed by atoms with Crippen LogP contribution in [-0.4, -0.2) is 38.4 Å². The summed E-state index contributed by atoms with van der Waals surface area (Å²) in [6.07, 6.45) is -0.664. The molecule has 7 heteroatoms. The lowest BCUT2D eigenvalue weighted by molar-refractivity contribution is -0.138. The number of carbonyl (C=O) groups excluding carboxylic acids is 2. The number of amides is 1. The fourth-order valence-corrected chi connectivity index (χ4v) is 2.49. The first kappa shape index (κ1) is 21.1. The van der Waals surface area contributed by atoms with Gasteiger partial charge in [0.25, 0.3) is 0 Å². The van der Waals surface area contributed by atoms with Crippen molar-refractivity contribution in [2.24, 2.45) is 0 Å². The molecule has 1 amide bonds. The Balaban J connectivity index is 2.15. The normalized spacial score (nSPS) is 10.2. The number of nitrogens with one attached hydrogen (secondary N) is 1. The van der Waals surface area contributed by atoms with Crippen molar-refractivity contribution in [1.82, 2.24) is 5.32 Å². The summed E-state index contributed by atoms with van der Waals surface area (Å²) in [4.78, 5) is 23.5. The Bertz CT molecular complexity index is 861. The van der Waals surface area contributed by atoms with Crippen molar-refractivity contribution in [1.29, 1.82) is 0 Å². The van der Waals surface area contributed by atoms with E-state index in [0.717, 1.165) is 10.8 Å². The Morgan fingerprint density at radius 3 is 2.36 bits per heavy atom. The molecule has 0 radical (unpaired) electrons. The van der Waals surface area contributed by atoms with Crippen LogP contribution in [-0.2, 0) is 9.53 Å². The third-order valence-electron chi connectivity index (χ3n) is 3.67. The van der Waals surface area contributed by atoms with Crippen LogP contribution in [0.4, 0.5) is 4.79 Å². The summed E-state index contributed by atoms with van der Waals surface area (Å²) in [6.45, 7) is 9.86. The van der Waals surface area contributed by atoms with Gasteiger partial charge in [0.15, 0.2) is 11.5 Å². The van der Waals surface area contributed by atoms with E-state index in [-0.39, 0.29) is 13.2 Å². The fourth-order valence-electron chi connectivity index (χ4n) is 2.49. The van der Waals surface area contributed by atoms with E-state index in [1.165, 1.54) is 0 Å². The molecule has 150 valence electrons. The van der Waals surface area contributed by atoms with E-state index in [4.69, 9.17) is 18.9 Å². The lowest BCUT2D eigenvalue weighted by Gasteiger charge is -2.16. The molecule has 2 aromatic carbocycles. The van der Waals surface area contributed by atoms with Gasteiger partial charge >= 0.3 is 12.1 Å². The minimum atomic E-state index is -0.664. The molecule has 0 spiro atoms. The van der Waals surface area contributed by atoms with E-state index in [2.05, 4.69) is 11.9 Å². The topological polar surface area (TPSA) is 83.1 Å². The summed E-state index contributed by atoms with van der Waals surface area (Å²) in [6, 6.07) is 9.08. The number of esters is 1. The van der Waals surface area contributed by atoms with Gasteiger partial charge in [0.1, 0.15) is 12.4 Å². The van der Waals surface area contributed by atoms with Crippen molar-refractivity contribution < 1.29 is 28.5 Å². The molecule has 0 fully saturated rings. The van der Waals surface area contributed by atoms with Crippen LogP contribution in [0, 0.1) is 0 Å². The zero-order valence-electron chi connectivity index (χ0n) is 16.4. The average molecular weight is 387 g/mol. The van der Waals surface area contributed by atoms with Crippen molar-refractivity contribution in [3.63, 3.8) is 0 Å². The molecule has 0 aliphatic carbocycles. The molecule has 0 saturated heterocycles. The minimum Gasteiger partial charge on any atom is -0.490 e. The maximum Gasteiger partial charge on any atom is 0.412 e. The monoisotopic (exact) mass is 387 g/mol. The highest BCUT2D eigenvalue weighted by molar-refractivity contribution is 5.96. The Morgan fingerprint density at radius 2 is 1.71 bits per heavy atom. The van der Waals surface area contributed by atoms with Gasteiger partial charge in [-0.15, -0.1) is 0 Å². The van der Waals surface area contributed by atoms with Crippen LogP contribution in [0.15, 0.2) is 42.5 Å². The summed E-state index contributed by atoms with van der Waals surface area (Å²) < 4.78 is 21.8. The van der Waals surface area contributed by atoms with E-state index in [1.54, 1.807) is 13.0 Å². The summed E-state index contributed by atoms with van der Waals surface area (Å²) in [5, 5.41) is 4.05. The number of rotatable bonds is 9. The third-order valence-corrected chi connectivity index (χ3v) is 3.67. The first-order valence-corrected chi connectivity index (χ1v) is 9.07. The maximum absolute atomic E-state index is 12.2. The minimum absolute atomic E-state index is 0.0228. The van der Waals surface area contributed by atoms with Crippen LogP contribution in [0.5, 0.6) is 17.2 Å². The molecule has 2 rings (SSSR count). The Morgan fingerprint density at radius 1 is 1.04 bits per heavy atom. The molecule has 0 saturated carbocycles. The number of hydrogen-bond donors (Lipinski definition) is 1. The number of carbonyl (C=O) groups is 2. The third kappa shape index (κ3) is 5.39. The van der Waals surface area contributed by atoms with Gasteiger partial charge in [-0.25, -0.2) is 9.59 Å². The van der Waals surface area contributed by atoms with Crippen LogP contribution in [0.2, 0.25) is 0 Å². The quantitative estimate of drug-likeness (QED) is 0.400. The Hall–Kier alpha value is -3.22. The number of benzene rings is 2. The highest BCUT2D eigenvalue weighted by Gasteiger charge is 2.17. The van der Waals surface area contributed by atoms with Crippen LogP contribution >= 0.6 is 0 Å². The number of fused-ring (bicyclic) bond motifs is 1. The van der Waals surface area contributed by atoms with Gasteiger partial charge in [-0.05, 0) is 20.8 Å². The molecule has 28 heavy (non-hydrogen) atoms. The zero-order chi connectivity index (χ0) is 20.5. The highest BCUT2D eigenvalue weighted by atomic mass is 16.6. The van der Waals surface area contributed by atoms with Gasteiger partial charge < -0.3 is 24.3 Å². The Kier molecular flexibility index (Phi) is 7.68. The zero-order valence-corrected chi connectivity index (χ0v) is 16.4. The average Bonchev–Trinajstić information content (AvgIpc) is 2.68. The second-order valence-corrected chi connectivity index (χ2v) is 5.85. The van der Waals surface area contributed by atoms with E-state index in [0.29, 0.717) is 36.0 Å². The van der Waals surface area contributed by atoms with Gasteiger partial charge in [-0.2, -0.15) is 0 Å². The predicted octanol–water partition coefficient (Wildman–Crippen LogP) is 3.84. The van der Waals surface area contributed by atoms with Crippen LogP contribution in [0.1, 0.15) is 20.8 Å². The molecule has 2 aromatic rings. The van der Waals surface area contributed by atoms with Gasteiger partial charge in [0.05, 0.1) is 19.8 Å². The van der Waals surface area contributed by atoms with Crippen molar-refractivity contribution in [2.45, 2.75) is 20.8 Å². The lowest BCUT2D eigenvalue weighted by atomic mass is 10.1. The van der Waals surface area contributed by atoms with Gasteiger partial charge in [0.2, 0.25) is 0 Å². The lowest BCUT2D eigenvalue weighted by Crippen LogP contribution is -2.30. The second kappa shape index (κ2) is 10.2. The van der Waals surface area contributed by atoms with E-state index >= 15 is 0 Å². The summed E-state index contributed by atoms with van der Waals surface area (Å²) >= 11 is 0.